The molecule has 0 aliphatic heterocycles. The van der Waals surface area contributed by atoms with E-state index in [1.54, 1.807) is 16.9 Å². The van der Waals surface area contributed by atoms with Crippen LogP contribution in [0.3, 0.4) is 0 Å². The summed E-state index contributed by atoms with van der Waals surface area (Å²) in [5.74, 6) is 0.622. The minimum Gasteiger partial charge on any atom is -0.218 e. The van der Waals surface area contributed by atoms with Gasteiger partial charge in [0, 0.05) is 5.56 Å². The maximum atomic E-state index is 4.37. The van der Waals surface area contributed by atoms with Crippen LogP contribution in [0.25, 0.3) is 17.0 Å². The summed E-state index contributed by atoms with van der Waals surface area (Å²) in [5, 5.41) is 4.12. The van der Waals surface area contributed by atoms with Crippen molar-refractivity contribution in [3.8, 4) is 11.3 Å². The van der Waals surface area contributed by atoms with Gasteiger partial charge in [0.05, 0.1) is 24.3 Å². The van der Waals surface area contributed by atoms with E-state index in [1.807, 2.05) is 36.5 Å². The molecule has 0 aliphatic carbocycles. The van der Waals surface area contributed by atoms with Gasteiger partial charge in [-0.1, -0.05) is 30.3 Å². The Kier molecular flexibility index (Phi) is 1.71. The Morgan fingerprint density at radius 2 is 1.87 bits per heavy atom. The van der Waals surface area contributed by atoms with E-state index >= 15 is 0 Å². The monoisotopic (exact) mass is 196 g/mol. The van der Waals surface area contributed by atoms with Crippen LogP contribution in [0.5, 0.6) is 0 Å². The standard InChI is InChI=1S/C11H8N4/c1-2-4-9(5-3-1)10-8-15-11(14-10)12-6-7-13-15/h1-8H. The molecule has 0 aliphatic rings. The van der Waals surface area contributed by atoms with Crippen LogP contribution in [-0.4, -0.2) is 19.6 Å². The first kappa shape index (κ1) is 8.11. The maximum Gasteiger partial charge on any atom is 0.251 e. The van der Waals surface area contributed by atoms with Gasteiger partial charge in [0.2, 0.25) is 0 Å². The van der Waals surface area contributed by atoms with Crippen LogP contribution in [0.1, 0.15) is 0 Å². The Labute approximate surface area is 86.2 Å². The van der Waals surface area contributed by atoms with Crippen molar-refractivity contribution in [3.63, 3.8) is 0 Å². The maximum absolute atomic E-state index is 4.37. The predicted octanol–water partition coefficient (Wildman–Crippen LogP) is 1.79. The van der Waals surface area contributed by atoms with Crippen molar-refractivity contribution in [2.24, 2.45) is 0 Å². The van der Waals surface area contributed by atoms with Gasteiger partial charge in [-0.25, -0.2) is 14.5 Å². The molecule has 2 aromatic heterocycles. The number of nitrogens with zero attached hydrogens (tertiary/aromatic N) is 4. The first-order valence-electron chi connectivity index (χ1n) is 4.65. The van der Waals surface area contributed by atoms with Gasteiger partial charge in [0.25, 0.3) is 5.78 Å². The molecule has 15 heavy (non-hydrogen) atoms. The molecule has 4 heteroatoms. The van der Waals surface area contributed by atoms with Gasteiger partial charge in [-0.15, -0.1) is 0 Å². The molecule has 0 amide bonds. The zero-order valence-electron chi connectivity index (χ0n) is 7.91. The minimum atomic E-state index is 0.622. The molecule has 4 nitrogen and oxygen atoms in total. The molecule has 0 spiro atoms. The van der Waals surface area contributed by atoms with E-state index < -0.39 is 0 Å². The summed E-state index contributed by atoms with van der Waals surface area (Å²) in [7, 11) is 0. The number of benzene rings is 1. The Morgan fingerprint density at radius 1 is 1.00 bits per heavy atom. The second kappa shape index (κ2) is 3.16. The van der Waals surface area contributed by atoms with Gasteiger partial charge in [-0.2, -0.15) is 5.10 Å². The lowest BCUT2D eigenvalue weighted by Gasteiger charge is -1.92. The topological polar surface area (TPSA) is 43.1 Å². The molecule has 0 radical (unpaired) electrons. The molecule has 0 saturated heterocycles. The summed E-state index contributed by atoms with van der Waals surface area (Å²) in [4.78, 5) is 8.49. The fraction of sp³-hybridized carbons (Fsp3) is 0. The third-order valence-electron chi connectivity index (χ3n) is 2.19. The zero-order chi connectivity index (χ0) is 10.1. The SMILES string of the molecule is c1ccc(-c2cn3nccnc3n2)cc1. The van der Waals surface area contributed by atoms with Crippen molar-refractivity contribution in [1.29, 1.82) is 0 Å². The van der Waals surface area contributed by atoms with Gasteiger partial charge in [0.15, 0.2) is 0 Å². The number of aromatic nitrogens is 4. The number of imidazole rings is 1. The van der Waals surface area contributed by atoms with Crippen LogP contribution in [0, 0.1) is 0 Å². The highest BCUT2D eigenvalue weighted by Gasteiger charge is 2.03. The Bertz CT molecular complexity index is 553. The van der Waals surface area contributed by atoms with Gasteiger partial charge in [0.1, 0.15) is 0 Å². The van der Waals surface area contributed by atoms with Crippen LogP contribution < -0.4 is 0 Å². The first-order chi connectivity index (χ1) is 7.43. The van der Waals surface area contributed by atoms with Gasteiger partial charge < -0.3 is 0 Å². The molecule has 72 valence electrons. The zero-order valence-corrected chi connectivity index (χ0v) is 7.91. The van der Waals surface area contributed by atoms with Crippen LogP contribution >= 0.6 is 0 Å². The summed E-state index contributed by atoms with van der Waals surface area (Å²) in [6.07, 6.45) is 5.15. The normalized spacial score (nSPS) is 10.7. The van der Waals surface area contributed by atoms with Crippen LogP contribution in [0.4, 0.5) is 0 Å². The number of rotatable bonds is 1. The molecule has 0 saturated carbocycles. The minimum absolute atomic E-state index is 0.622. The summed E-state index contributed by atoms with van der Waals surface area (Å²) in [6, 6.07) is 9.99. The van der Waals surface area contributed by atoms with E-state index in [0.29, 0.717) is 5.78 Å². The Balaban J connectivity index is 2.21. The van der Waals surface area contributed by atoms with E-state index in [1.165, 1.54) is 0 Å². The molecule has 3 rings (SSSR count). The van der Waals surface area contributed by atoms with E-state index in [2.05, 4.69) is 15.1 Å². The van der Waals surface area contributed by atoms with E-state index in [9.17, 15) is 0 Å². The third kappa shape index (κ3) is 1.36. The number of fused-ring (bicyclic) bond motifs is 1. The van der Waals surface area contributed by atoms with E-state index in [-0.39, 0.29) is 0 Å². The Hall–Kier alpha value is -2.23. The van der Waals surface area contributed by atoms with Crippen molar-refractivity contribution < 1.29 is 0 Å². The smallest absolute Gasteiger partial charge is 0.218 e. The molecule has 0 unspecified atom stereocenters. The summed E-state index contributed by atoms with van der Waals surface area (Å²) < 4.78 is 1.67. The highest BCUT2D eigenvalue weighted by Crippen LogP contribution is 2.16. The average Bonchev–Trinajstić information content (AvgIpc) is 2.74. The largest absolute Gasteiger partial charge is 0.251 e. The quantitative estimate of drug-likeness (QED) is 0.596. The lowest BCUT2D eigenvalue weighted by molar-refractivity contribution is 0.902. The lowest BCUT2D eigenvalue weighted by Crippen LogP contribution is -1.89. The molecular formula is C11H8N4. The van der Waals surface area contributed by atoms with Crippen molar-refractivity contribution >= 4 is 5.78 Å². The third-order valence-corrected chi connectivity index (χ3v) is 2.19. The van der Waals surface area contributed by atoms with Gasteiger partial charge in [-0.3, -0.25) is 0 Å². The van der Waals surface area contributed by atoms with E-state index in [4.69, 9.17) is 0 Å². The fourth-order valence-electron chi connectivity index (χ4n) is 1.48. The second-order valence-electron chi connectivity index (χ2n) is 3.18. The molecule has 3 aromatic rings. The predicted molar refractivity (Wildman–Crippen MR) is 56.2 cm³/mol. The number of hydrogen-bond donors (Lipinski definition) is 0. The van der Waals surface area contributed by atoms with E-state index in [0.717, 1.165) is 11.3 Å². The number of hydrogen-bond acceptors (Lipinski definition) is 3. The second-order valence-corrected chi connectivity index (χ2v) is 3.18. The highest BCUT2D eigenvalue weighted by atomic mass is 15.3. The molecule has 1 aromatic carbocycles. The summed E-state index contributed by atoms with van der Waals surface area (Å²) in [5.41, 5.74) is 1.96. The molecule has 0 bridgehead atoms. The Morgan fingerprint density at radius 3 is 2.67 bits per heavy atom. The van der Waals surface area contributed by atoms with Crippen molar-refractivity contribution in [2.45, 2.75) is 0 Å². The molecule has 0 fully saturated rings. The van der Waals surface area contributed by atoms with Crippen molar-refractivity contribution in [2.75, 3.05) is 0 Å². The summed E-state index contributed by atoms with van der Waals surface area (Å²) >= 11 is 0. The van der Waals surface area contributed by atoms with Crippen LogP contribution in [0.15, 0.2) is 48.9 Å². The van der Waals surface area contributed by atoms with Crippen LogP contribution in [0.2, 0.25) is 0 Å². The summed E-state index contributed by atoms with van der Waals surface area (Å²) in [6.45, 7) is 0. The van der Waals surface area contributed by atoms with Gasteiger partial charge >= 0.3 is 0 Å². The van der Waals surface area contributed by atoms with Crippen molar-refractivity contribution in [3.05, 3.63) is 48.9 Å². The highest BCUT2D eigenvalue weighted by molar-refractivity contribution is 5.60. The lowest BCUT2D eigenvalue weighted by atomic mass is 10.2. The van der Waals surface area contributed by atoms with Crippen LogP contribution in [-0.2, 0) is 0 Å². The molecular weight excluding hydrogens is 188 g/mol. The van der Waals surface area contributed by atoms with Crippen molar-refractivity contribution in [1.82, 2.24) is 19.6 Å². The molecule has 0 N–H and O–H groups in total. The molecule has 0 atom stereocenters. The fourth-order valence-corrected chi connectivity index (χ4v) is 1.48. The first-order valence-corrected chi connectivity index (χ1v) is 4.65. The molecule has 2 heterocycles. The average molecular weight is 196 g/mol. The van der Waals surface area contributed by atoms with Gasteiger partial charge in [-0.05, 0) is 0 Å².